The van der Waals surface area contributed by atoms with Crippen molar-refractivity contribution < 1.29 is 0 Å². The Morgan fingerprint density at radius 3 is 1.00 bits per heavy atom. The first kappa shape index (κ1) is 25.9. The van der Waals surface area contributed by atoms with Gasteiger partial charge in [0.25, 0.3) is 0 Å². The van der Waals surface area contributed by atoms with Crippen LogP contribution in [-0.4, -0.2) is 0 Å². The quantitative estimate of drug-likeness (QED) is 0.334. The Morgan fingerprint density at radius 2 is 0.714 bits per heavy atom. The molecule has 0 unspecified atom stereocenters. The first-order valence-electron chi connectivity index (χ1n) is 10.1. The molecule has 0 aliphatic carbocycles. The summed E-state index contributed by atoms with van der Waals surface area (Å²) in [5.74, 6) is 0.904. The molecule has 0 aromatic heterocycles. The smallest absolute Gasteiger partial charge is 0.0471 e. The van der Waals surface area contributed by atoms with Gasteiger partial charge in [0.2, 0.25) is 0 Å². The molecule has 0 fully saturated rings. The summed E-state index contributed by atoms with van der Waals surface area (Å²) in [6.45, 7) is 15.8. The van der Waals surface area contributed by atoms with Crippen LogP contribution in [0.4, 0.5) is 0 Å². The van der Waals surface area contributed by atoms with Gasteiger partial charge in [-0.3, -0.25) is 0 Å². The van der Waals surface area contributed by atoms with Crippen molar-refractivity contribution in [2.24, 2.45) is 5.92 Å². The van der Waals surface area contributed by atoms with Crippen LogP contribution in [0.1, 0.15) is 132 Å². The molecule has 0 saturated carbocycles. The van der Waals surface area contributed by atoms with E-state index in [1.807, 2.05) is 0 Å². The van der Waals surface area contributed by atoms with E-state index in [9.17, 15) is 0 Å². The number of rotatable bonds is 11. The van der Waals surface area contributed by atoms with Gasteiger partial charge in [-0.25, -0.2) is 0 Å². The van der Waals surface area contributed by atoms with Crippen LogP contribution >= 0.6 is 0 Å². The van der Waals surface area contributed by atoms with Crippen LogP contribution in [0, 0.1) is 5.92 Å². The fourth-order valence-electron chi connectivity index (χ4n) is 1.98. The van der Waals surface area contributed by atoms with Gasteiger partial charge in [-0.1, -0.05) is 132 Å². The molecule has 0 aliphatic heterocycles. The second-order valence-corrected chi connectivity index (χ2v) is 6.66. The van der Waals surface area contributed by atoms with E-state index in [1.54, 1.807) is 0 Å². The molecule has 132 valence electrons. The maximum atomic E-state index is 2.29. The van der Waals surface area contributed by atoms with Crippen LogP contribution in [0.5, 0.6) is 0 Å². The van der Waals surface area contributed by atoms with Crippen LogP contribution < -0.4 is 0 Å². The molecular formula is C21H48. The molecule has 0 rings (SSSR count). The summed E-state index contributed by atoms with van der Waals surface area (Å²) in [7, 11) is 0. The van der Waals surface area contributed by atoms with Crippen LogP contribution in [0.3, 0.4) is 0 Å². The van der Waals surface area contributed by atoms with Gasteiger partial charge in [0.05, 0.1) is 0 Å². The maximum absolute atomic E-state index is 2.29. The molecule has 0 bridgehead atoms. The van der Waals surface area contributed by atoms with E-state index < -0.39 is 0 Å². The highest BCUT2D eigenvalue weighted by Gasteiger charge is 1.90. The predicted molar refractivity (Wildman–Crippen MR) is 103 cm³/mol. The first-order valence-corrected chi connectivity index (χ1v) is 10.1. The fourth-order valence-corrected chi connectivity index (χ4v) is 1.98. The lowest BCUT2D eigenvalue weighted by Gasteiger charge is -2.00. The lowest BCUT2D eigenvalue weighted by molar-refractivity contribution is 0.534. The molecule has 21 heavy (non-hydrogen) atoms. The van der Waals surface area contributed by atoms with Gasteiger partial charge in [-0.15, -0.1) is 0 Å². The van der Waals surface area contributed by atoms with Crippen molar-refractivity contribution in [1.82, 2.24) is 0 Å². The van der Waals surface area contributed by atoms with Gasteiger partial charge in [-0.2, -0.15) is 0 Å². The van der Waals surface area contributed by atoms with E-state index in [2.05, 4.69) is 48.5 Å². The van der Waals surface area contributed by atoms with Crippen molar-refractivity contribution in [3.8, 4) is 0 Å². The minimum Gasteiger partial charge on any atom is -0.0654 e. The third-order valence-electron chi connectivity index (χ3n) is 3.55. The molecule has 0 atom stereocenters. The molecule has 0 N–H and O–H groups in total. The summed E-state index contributed by atoms with van der Waals surface area (Å²) in [4.78, 5) is 0. The zero-order valence-electron chi connectivity index (χ0n) is 16.8. The van der Waals surface area contributed by atoms with Gasteiger partial charge in [0.15, 0.2) is 0 Å². The van der Waals surface area contributed by atoms with Crippen molar-refractivity contribution in [1.29, 1.82) is 0 Å². The second-order valence-electron chi connectivity index (χ2n) is 6.66. The van der Waals surface area contributed by atoms with Crippen LogP contribution in [0.2, 0.25) is 0 Å². The summed E-state index contributed by atoms with van der Waals surface area (Å²) in [6, 6.07) is 0. The fraction of sp³-hybridized carbons (Fsp3) is 1.00. The monoisotopic (exact) mass is 300 g/mol. The second kappa shape index (κ2) is 28.2. The van der Waals surface area contributed by atoms with Gasteiger partial charge >= 0.3 is 0 Å². The topological polar surface area (TPSA) is 0 Å². The Kier molecular flexibility index (Phi) is 34.8. The third kappa shape index (κ3) is 45.0. The summed E-state index contributed by atoms with van der Waals surface area (Å²) in [5.41, 5.74) is 0. The SMILES string of the molecule is CCCCCC.CCCCCC(C)C.CCCCCCC. The molecule has 0 amide bonds. The highest BCUT2D eigenvalue weighted by atomic mass is 14.0. The van der Waals surface area contributed by atoms with Gasteiger partial charge < -0.3 is 0 Å². The molecule has 0 aliphatic rings. The van der Waals surface area contributed by atoms with E-state index in [4.69, 9.17) is 0 Å². The Hall–Kier alpha value is 0. The Labute approximate surface area is 138 Å². The molecule has 0 saturated heterocycles. The zero-order valence-corrected chi connectivity index (χ0v) is 16.8. The van der Waals surface area contributed by atoms with E-state index in [0.29, 0.717) is 0 Å². The van der Waals surface area contributed by atoms with Crippen molar-refractivity contribution in [3.05, 3.63) is 0 Å². The minimum absolute atomic E-state index is 0.904. The number of hydrogen-bond acceptors (Lipinski definition) is 0. The normalized spacial score (nSPS) is 9.71. The standard InChI is InChI=1S/C8H18.C7H16.C6H14/c1-4-5-6-7-8(2)3;1-3-5-7-6-4-2;1-3-5-6-4-2/h8H,4-7H2,1-3H3;3-7H2,1-2H3;3-6H2,1-2H3. The molecule has 0 spiro atoms. The molecule has 0 heteroatoms. The van der Waals surface area contributed by atoms with Gasteiger partial charge in [0, 0.05) is 0 Å². The van der Waals surface area contributed by atoms with E-state index >= 15 is 0 Å². The molecule has 0 aromatic rings. The van der Waals surface area contributed by atoms with Gasteiger partial charge in [-0.05, 0) is 5.92 Å². The summed E-state index contributed by atoms with van der Waals surface area (Å²) in [6.07, 6.45) is 18.1. The first-order chi connectivity index (χ1) is 10.1. The van der Waals surface area contributed by atoms with Crippen LogP contribution in [-0.2, 0) is 0 Å². The number of unbranched alkanes of at least 4 members (excludes halogenated alkanes) is 9. The van der Waals surface area contributed by atoms with Crippen molar-refractivity contribution in [2.45, 2.75) is 132 Å². The Bertz CT molecular complexity index is 118. The Balaban J connectivity index is -0.000000234. The van der Waals surface area contributed by atoms with E-state index in [0.717, 1.165) is 5.92 Å². The predicted octanol–water partition coefficient (Wildman–Crippen LogP) is 8.79. The molecule has 0 radical (unpaired) electrons. The van der Waals surface area contributed by atoms with E-state index in [-0.39, 0.29) is 0 Å². The highest BCUT2D eigenvalue weighted by Crippen LogP contribution is 2.06. The average molecular weight is 301 g/mol. The Morgan fingerprint density at radius 1 is 0.429 bits per heavy atom. The van der Waals surface area contributed by atoms with Gasteiger partial charge in [0.1, 0.15) is 0 Å². The molecular weight excluding hydrogens is 252 g/mol. The molecule has 0 aromatic carbocycles. The highest BCUT2D eigenvalue weighted by molar-refractivity contribution is 4.44. The molecule has 0 heterocycles. The van der Waals surface area contributed by atoms with Crippen molar-refractivity contribution in [3.63, 3.8) is 0 Å². The minimum atomic E-state index is 0.904. The lowest BCUT2D eigenvalue weighted by Crippen LogP contribution is -1.85. The van der Waals surface area contributed by atoms with E-state index in [1.165, 1.54) is 83.5 Å². The maximum Gasteiger partial charge on any atom is -0.0471 e. The third-order valence-corrected chi connectivity index (χ3v) is 3.55. The largest absolute Gasteiger partial charge is 0.0654 e. The van der Waals surface area contributed by atoms with Crippen molar-refractivity contribution >= 4 is 0 Å². The number of hydrogen-bond donors (Lipinski definition) is 0. The van der Waals surface area contributed by atoms with Crippen LogP contribution in [0.25, 0.3) is 0 Å². The summed E-state index contributed by atoms with van der Waals surface area (Å²) < 4.78 is 0. The molecule has 0 nitrogen and oxygen atoms in total. The van der Waals surface area contributed by atoms with Crippen LogP contribution in [0.15, 0.2) is 0 Å². The van der Waals surface area contributed by atoms with Crippen molar-refractivity contribution in [2.75, 3.05) is 0 Å². The zero-order chi connectivity index (χ0) is 16.8. The lowest BCUT2D eigenvalue weighted by atomic mass is 10.1. The average Bonchev–Trinajstić information content (AvgIpc) is 2.47. The summed E-state index contributed by atoms with van der Waals surface area (Å²) >= 11 is 0. The summed E-state index contributed by atoms with van der Waals surface area (Å²) in [5, 5.41) is 0.